The molecule has 2 atom stereocenters. The molecule has 0 unspecified atom stereocenters. The fourth-order valence-corrected chi connectivity index (χ4v) is 3.79. The van der Waals surface area contributed by atoms with Crippen LogP contribution in [0.15, 0.2) is 34.0 Å². The van der Waals surface area contributed by atoms with Gasteiger partial charge in [-0.3, -0.25) is 0 Å². The fraction of sp³-hybridized carbons (Fsp3) is 0.412. The van der Waals surface area contributed by atoms with Crippen LogP contribution in [0.1, 0.15) is 38.1 Å². The molecule has 2 aromatic rings. The van der Waals surface area contributed by atoms with Gasteiger partial charge in [-0.05, 0) is 67.1 Å². The van der Waals surface area contributed by atoms with Gasteiger partial charge in [-0.15, -0.1) is 0 Å². The highest BCUT2D eigenvalue weighted by atomic mass is 79.9. The number of halogens is 3. The van der Waals surface area contributed by atoms with Crippen LogP contribution in [0.25, 0.3) is 0 Å². The maximum absolute atomic E-state index is 13.6. The summed E-state index contributed by atoms with van der Waals surface area (Å²) in [5.41, 5.74) is 1.04. The van der Waals surface area contributed by atoms with Crippen LogP contribution in [0, 0.1) is 11.6 Å². The summed E-state index contributed by atoms with van der Waals surface area (Å²) in [6, 6.07) is 2.84. The van der Waals surface area contributed by atoms with Crippen molar-refractivity contribution in [2.75, 3.05) is 6.26 Å². The Morgan fingerprint density at radius 3 is 2.42 bits per heavy atom. The quantitative estimate of drug-likeness (QED) is 0.503. The lowest BCUT2D eigenvalue weighted by Crippen LogP contribution is -2.37. The highest BCUT2D eigenvalue weighted by Gasteiger charge is 2.26. The zero-order valence-electron chi connectivity index (χ0n) is 14.8. The van der Waals surface area contributed by atoms with E-state index in [-0.39, 0.29) is 6.42 Å². The van der Waals surface area contributed by atoms with Gasteiger partial charge in [0.25, 0.3) is 0 Å². The van der Waals surface area contributed by atoms with Crippen LogP contribution in [0.4, 0.5) is 8.78 Å². The Hall–Kier alpha value is -0.900. The standard InChI is InChI=1S/C17H20BrF2N3OS2/c1-17(2,3)26(24)23-14(7-10-5-11(19)8-12(20)6-10)15-13(18)9-21-16(22-15)25-4/h5-6,8-9,14,23H,7H2,1-4H3/t14-,26+/m1/s1. The molecule has 2 rings (SSSR count). The van der Waals surface area contributed by atoms with Gasteiger partial charge in [0.15, 0.2) is 5.16 Å². The summed E-state index contributed by atoms with van der Waals surface area (Å²) in [6.07, 6.45) is 3.69. The smallest absolute Gasteiger partial charge is 0.187 e. The van der Waals surface area contributed by atoms with Crippen molar-refractivity contribution < 1.29 is 13.0 Å². The summed E-state index contributed by atoms with van der Waals surface area (Å²) >= 11 is 4.80. The number of nitrogens with one attached hydrogen (secondary N) is 1. The van der Waals surface area contributed by atoms with E-state index < -0.39 is 33.4 Å². The molecule has 0 amide bonds. The van der Waals surface area contributed by atoms with Crippen LogP contribution in [-0.2, 0) is 17.4 Å². The van der Waals surface area contributed by atoms with Crippen LogP contribution in [0.3, 0.4) is 0 Å². The molecule has 0 saturated heterocycles. The summed E-state index contributed by atoms with van der Waals surface area (Å²) in [5.74, 6) is -1.30. The SMILES string of the molecule is CSc1ncc(Br)c([C@@H](Cc2cc(F)cc(F)c2)N[S@@](=O)C(C)(C)C)n1. The number of hydrogen-bond acceptors (Lipinski definition) is 4. The van der Waals surface area contributed by atoms with E-state index in [1.165, 1.54) is 23.9 Å². The molecule has 0 aliphatic rings. The third-order valence-electron chi connectivity index (χ3n) is 3.43. The Morgan fingerprint density at radius 2 is 1.88 bits per heavy atom. The Balaban J connectivity index is 2.43. The fourth-order valence-electron chi connectivity index (χ4n) is 2.17. The first-order valence-electron chi connectivity index (χ1n) is 7.79. The molecule has 4 nitrogen and oxygen atoms in total. The second kappa shape index (κ2) is 8.86. The number of benzene rings is 1. The van der Waals surface area contributed by atoms with Crippen LogP contribution < -0.4 is 4.72 Å². The van der Waals surface area contributed by atoms with E-state index in [2.05, 4.69) is 30.6 Å². The van der Waals surface area contributed by atoms with Gasteiger partial charge in [0.05, 0.1) is 31.9 Å². The molecule has 0 aliphatic heterocycles. The van der Waals surface area contributed by atoms with E-state index in [0.29, 0.717) is 20.9 Å². The van der Waals surface area contributed by atoms with Crippen molar-refractivity contribution in [3.05, 3.63) is 51.8 Å². The lowest BCUT2D eigenvalue weighted by Gasteiger charge is -2.25. The van der Waals surface area contributed by atoms with Crippen molar-refractivity contribution in [2.24, 2.45) is 0 Å². The zero-order valence-corrected chi connectivity index (χ0v) is 18.1. The summed E-state index contributed by atoms with van der Waals surface area (Å²) in [4.78, 5) is 8.67. The molecule has 0 aliphatic carbocycles. The molecule has 1 aromatic heterocycles. The Labute approximate surface area is 167 Å². The maximum Gasteiger partial charge on any atom is 0.187 e. The van der Waals surface area contributed by atoms with Crippen molar-refractivity contribution in [3.63, 3.8) is 0 Å². The van der Waals surface area contributed by atoms with E-state index in [9.17, 15) is 13.0 Å². The molecule has 1 aromatic carbocycles. The van der Waals surface area contributed by atoms with Gasteiger partial charge in [-0.25, -0.2) is 27.7 Å². The van der Waals surface area contributed by atoms with Crippen LogP contribution in [0.5, 0.6) is 0 Å². The summed E-state index contributed by atoms with van der Waals surface area (Å²) < 4.78 is 42.9. The molecule has 0 saturated carbocycles. The molecular weight excluding hydrogens is 444 g/mol. The van der Waals surface area contributed by atoms with E-state index in [0.717, 1.165) is 6.07 Å². The Kier molecular flexibility index (Phi) is 7.29. The summed E-state index contributed by atoms with van der Waals surface area (Å²) in [5, 5.41) is 0.557. The van der Waals surface area contributed by atoms with E-state index in [1.54, 1.807) is 6.20 Å². The molecule has 0 bridgehead atoms. The number of nitrogens with zero attached hydrogens (tertiary/aromatic N) is 2. The third kappa shape index (κ3) is 5.80. The average Bonchev–Trinajstić information content (AvgIpc) is 2.53. The largest absolute Gasteiger partial charge is 0.242 e. The molecule has 1 N–H and O–H groups in total. The second-order valence-corrected chi connectivity index (χ2v) is 10.2. The predicted molar refractivity (Wildman–Crippen MR) is 105 cm³/mol. The van der Waals surface area contributed by atoms with Crippen molar-refractivity contribution in [2.45, 2.75) is 43.1 Å². The van der Waals surface area contributed by atoms with Gasteiger partial charge in [-0.2, -0.15) is 0 Å². The molecule has 9 heteroatoms. The minimum atomic E-state index is -1.39. The lowest BCUT2D eigenvalue weighted by molar-refractivity contribution is 0.562. The number of rotatable bonds is 6. The number of thioether (sulfide) groups is 1. The van der Waals surface area contributed by atoms with E-state index in [1.807, 2.05) is 27.0 Å². The summed E-state index contributed by atoms with van der Waals surface area (Å²) in [7, 11) is -1.39. The first-order chi connectivity index (χ1) is 12.1. The molecule has 0 fully saturated rings. The highest BCUT2D eigenvalue weighted by molar-refractivity contribution is 9.10. The third-order valence-corrected chi connectivity index (χ3v) is 6.21. The molecule has 0 spiro atoms. The van der Waals surface area contributed by atoms with Gasteiger partial charge in [0.1, 0.15) is 11.6 Å². The van der Waals surface area contributed by atoms with Crippen molar-refractivity contribution >= 4 is 38.7 Å². The van der Waals surface area contributed by atoms with E-state index >= 15 is 0 Å². The van der Waals surface area contributed by atoms with Gasteiger partial charge < -0.3 is 0 Å². The average molecular weight is 464 g/mol. The zero-order chi connectivity index (χ0) is 19.5. The number of aromatic nitrogens is 2. The molecule has 142 valence electrons. The van der Waals surface area contributed by atoms with Gasteiger partial charge in [0.2, 0.25) is 0 Å². The van der Waals surface area contributed by atoms with E-state index in [4.69, 9.17) is 0 Å². The molecule has 26 heavy (non-hydrogen) atoms. The van der Waals surface area contributed by atoms with Crippen LogP contribution in [-0.4, -0.2) is 25.2 Å². The molecular formula is C17H20BrF2N3OS2. The predicted octanol–water partition coefficient (Wildman–Crippen LogP) is 4.57. The normalized spacial score (nSPS) is 14.3. The van der Waals surface area contributed by atoms with Gasteiger partial charge >= 0.3 is 0 Å². The minimum absolute atomic E-state index is 0.222. The molecule has 1 heterocycles. The van der Waals surface area contributed by atoms with Gasteiger partial charge in [-0.1, -0.05) is 11.8 Å². The Bertz CT molecular complexity index is 795. The minimum Gasteiger partial charge on any atom is -0.242 e. The topological polar surface area (TPSA) is 54.9 Å². The first-order valence-corrected chi connectivity index (χ1v) is 11.0. The molecule has 0 radical (unpaired) electrons. The number of hydrogen-bond donors (Lipinski definition) is 1. The van der Waals surface area contributed by atoms with Crippen LogP contribution in [0.2, 0.25) is 0 Å². The highest BCUT2D eigenvalue weighted by Crippen LogP contribution is 2.28. The second-order valence-electron chi connectivity index (χ2n) is 6.62. The van der Waals surface area contributed by atoms with Crippen molar-refractivity contribution in [1.82, 2.24) is 14.7 Å². The first kappa shape index (κ1) is 21.4. The summed E-state index contributed by atoms with van der Waals surface area (Å²) in [6.45, 7) is 5.53. The maximum atomic E-state index is 13.6. The van der Waals surface area contributed by atoms with Crippen molar-refractivity contribution in [3.8, 4) is 0 Å². The lowest BCUT2D eigenvalue weighted by atomic mass is 10.0. The Morgan fingerprint density at radius 1 is 1.27 bits per heavy atom. The van der Waals surface area contributed by atoms with Crippen LogP contribution >= 0.6 is 27.7 Å². The van der Waals surface area contributed by atoms with Crippen molar-refractivity contribution in [1.29, 1.82) is 0 Å². The van der Waals surface area contributed by atoms with Gasteiger partial charge in [0, 0.05) is 12.3 Å². The monoisotopic (exact) mass is 463 g/mol.